The second kappa shape index (κ2) is 5.42. The van der Waals surface area contributed by atoms with Gasteiger partial charge in [-0.05, 0) is 12.1 Å². The average Bonchev–Trinajstić information content (AvgIpc) is 2.27. The Kier molecular flexibility index (Phi) is 4.15. The van der Waals surface area contributed by atoms with E-state index >= 15 is 0 Å². The zero-order valence-corrected chi connectivity index (χ0v) is 9.23. The molecule has 0 spiro atoms. The van der Waals surface area contributed by atoms with Crippen LogP contribution in [0.25, 0.3) is 0 Å². The van der Waals surface area contributed by atoms with E-state index in [0.29, 0.717) is 0 Å². The van der Waals surface area contributed by atoms with Crippen LogP contribution in [0.2, 0.25) is 0 Å². The van der Waals surface area contributed by atoms with E-state index in [4.69, 9.17) is 10.2 Å². The number of para-hydroxylation sites is 1. The van der Waals surface area contributed by atoms with E-state index < -0.39 is 29.4 Å². The predicted molar refractivity (Wildman–Crippen MR) is 58.4 cm³/mol. The lowest BCUT2D eigenvalue weighted by Gasteiger charge is -2.15. The number of hydrogen-bond donors (Lipinski definition) is 3. The largest absolute Gasteiger partial charge is 0.477 e. The van der Waals surface area contributed by atoms with Gasteiger partial charge in [-0.2, -0.15) is 13.2 Å². The fraction of sp³-hybridized carbons (Fsp3) is 0.0909. The second-order valence-corrected chi connectivity index (χ2v) is 3.35. The van der Waals surface area contributed by atoms with Crippen molar-refractivity contribution in [1.82, 2.24) is 0 Å². The fourth-order valence-electron chi connectivity index (χ4n) is 1.25. The van der Waals surface area contributed by atoms with Crippen LogP contribution in [0.4, 0.5) is 18.9 Å². The van der Waals surface area contributed by atoms with Crippen LogP contribution in [0.3, 0.4) is 0 Å². The molecular formula is C11H8F3NO4. The van der Waals surface area contributed by atoms with Gasteiger partial charge in [0.2, 0.25) is 0 Å². The first-order chi connectivity index (χ1) is 8.73. The lowest BCUT2D eigenvalue weighted by molar-refractivity contribution is -0.142. The topological polar surface area (TPSA) is 86.6 Å². The highest BCUT2D eigenvalue weighted by molar-refractivity contribution is 6.13. The maximum absolute atomic E-state index is 12.7. The van der Waals surface area contributed by atoms with Crippen molar-refractivity contribution in [3.63, 3.8) is 0 Å². The number of alkyl halides is 3. The van der Waals surface area contributed by atoms with Gasteiger partial charge in [0.25, 0.3) is 0 Å². The number of anilines is 1. The lowest BCUT2D eigenvalue weighted by Crippen LogP contribution is -2.27. The summed E-state index contributed by atoms with van der Waals surface area (Å²) in [5, 5.41) is 18.9. The first-order valence-corrected chi connectivity index (χ1v) is 4.83. The van der Waals surface area contributed by atoms with E-state index in [2.05, 4.69) is 0 Å². The van der Waals surface area contributed by atoms with Crippen LogP contribution in [0.15, 0.2) is 41.6 Å². The third-order valence-electron chi connectivity index (χ3n) is 2.00. The smallest absolute Gasteiger partial charge is 0.432 e. The molecule has 102 valence electrons. The molecule has 0 radical (unpaired) electrons. The maximum atomic E-state index is 12.7. The van der Waals surface area contributed by atoms with Gasteiger partial charge in [-0.3, -0.25) is 0 Å². The van der Waals surface area contributed by atoms with Crippen LogP contribution in [0.5, 0.6) is 0 Å². The number of rotatable bonds is 4. The minimum Gasteiger partial charge on any atom is -0.477 e. The van der Waals surface area contributed by atoms with Crippen LogP contribution in [0, 0.1) is 0 Å². The van der Waals surface area contributed by atoms with Crippen LogP contribution < -0.4 is 5.32 Å². The molecule has 0 saturated heterocycles. The first-order valence-electron chi connectivity index (χ1n) is 4.83. The SMILES string of the molecule is O=C(O)C(C(=O)O)=C(Nc1ccccc1)C(F)(F)F. The van der Waals surface area contributed by atoms with Crippen LogP contribution in [-0.2, 0) is 9.59 Å². The first kappa shape index (κ1) is 14.6. The molecule has 1 aromatic rings. The van der Waals surface area contributed by atoms with Crippen LogP contribution in [-0.4, -0.2) is 28.3 Å². The molecule has 0 aliphatic heterocycles. The fourth-order valence-corrected chi connectivity index (χ4v) is 1.25. The standard InChI is InChI=1S/C11H8F3NO4/c12-11(13,14)8(7(9(16)17)10(18)19)15-6-4-2-1-3-5-6/h1-5,15H,(H,16,17)(H,18,19). The van der Waals surface area contributed by atoms with Gasteiger partial charge < -0.3 is 15.5 Å². The number of aliphatic carboxylic acids is 2. The number of allylic oxidation sites excluding steroid dienone is 1. The van der Waals surface area contributed by atoms with Crippen molar-refractivity contribution in [3.05, 3.63) is 41.6 Å². The number of benzene rings is 1. The minimum absolute atomic E-state index is 0.0742. The summed E-state index contributed by atoms with van der Waals surface area (Å²) in [6.45, 7) is 0. The number of nitrogens with one attached hydrogen (secondary N) is 1. The highest BCUT2D eigenvalue weighted by Gasteiger charge is 2.41. The molecular weight excluding hydrogens is 267 g/mol. The average molecular weight is 275 g/mol. The molecule has 8 heteroatoms. The van der Waals surface area contributed by atoms with Crippen molar-refractivity contribution >= 4 is 17.6 Å². The number of hydrogen-bond acceptors (Lipinski definition) is 3. The number of halogens is 3. The Labute approximate surface area is 105 Å². The summed E-state index contributed by atoms with van der Waals surface area (Å²) < 4.78 is 38.2. The Bertz CT molecular complexity index is 506. The molecule has 0 aliphatic carbocycles. The summed E-state index contributed by atoms with van der Waals surface area (Å²) in [5.74, 6) is -4.36. The summed E-state index contributed by atoms with van der Waals surface area (Å²) in [6, 6.07) is 6.85. The second-order valence-electron chi connectivity index (χ2n) is 3.35. The van der Waals surface area contributed by atoms with Gasteiger partial charge in [0.05, 0.1) is 0 Å². The predicted octanol–water partition coefficient (Wildman–Crippen LogP) is 2.08. The van der Waals surface area contributed by atoms with Gasteiger partial charge in [-0.1, -0.05) is 18.2 Å². The summed E-state index contributed by atoms with van der Waals surface area (Å²) >= 11 is 0. The number of carboxylic acids is 2. The molecule has 1 rings (SSSR count). The summed E-state index contributed by atoms with van der Waals surface area (Å²) in [6.07, 6.45) is -5.14. The zero-order valence-electron chi connectivity index (χ0n) is 9.23. The van der Waals surface area contributed by atoms with Crippen molar-refractivity contribution in [2.45, 2.75) is 6.18 Å². The number of carbonyl (C=O) groups is 2. The summed E-state index contributed by atoms with van der Waals surface area (Å²) in [7, 11) is 0. The lowest BCUT2D eigenvalue weighted by atomic mass is 10.2. The normalized spacial score (nSPS) is 10.7. The van der Waals surface area contributed by atoms with E-state index in [1.165, 1.54) is 30.3 Å². The van der Waals surface area contributed by atoms with Crippen LogP contribution in [0.1, 0.15) is 0 Å². The van der Waals surface area contributed by atoms with Gasteiger partial charge in [0, 0.05) is 5.69 Å². The quantitative estimate of drug-likeness (QED) is 0.445. The van der Waals surface area contributed by atoms with Crippen molar-refractivity contribution in [2.75, 3.05) is 5.32 Å². The summed E-state index contributed by atoms with van der Waals surface area (Å²) in [5.41, 5.74) is -3.68. The van der Waals surface area contributed by atoms with E-state index in [0.717, 1.165) is 0 Å². The molecule has 0 unspecified atom stereocenters. The van der Waals surface area contributed by atoms with Crippen molar-refractivity contribution in [3.8, 4) is 0 Å². The Morgan fingerprint density at radius 1 is 1.00 bits per heavy atom. The zero-order chi connectivity index (χ0) is 14.6. The molecule has 0 heterocycles. The van der Waals surface area contributed by atoms with Crippen molar-refractivity contribution in [1.29, 1.82) is 0 Å². The third-order valence-corrected chi connectivity index (χ3v) is 2.00. The minimum atomic E-state index is -5.14. The summed E-state index contributed by atoms with van der Waals surface area (Å²) in [4.78, 5) is 21.3. The van der Waals surface area contributed by atoms with E-state index in [1.807, 2.05) is 0 Å². The molecule has 0 aliphatic rings. The Hall–Kier alpha value is -2.51. The van der Waals surface area contributed by atoms with Crippen molar-refractivity contribution in [2.24, 2.45) is 0 Å². The molecule has 0 aromatic heterocycles. The Balaban J connectivity index is 3.34. The highest BCUT2D eigenvalue weighted by Crippen LogP contribution is 2.29. The van der Waals surface area contributed by atoms with E-state index in [-0.39, 0.29) is 5.69 Å². The van der Waals surface area contributed by atoms with Gasteiger partial charge in [-0.25, -0.2) is 9.59 Å². The Morgan fingerprint density at radius 3 is 1.84 bits per heavy atom. The molecule has 0 amide bonds. The molecule has 0 atom stereocenters. The highest BCUT2D eigenvalue weighted by atomic mass is 19.4. The number of carboxylic acid groups (broad SMARTS) is 2. The van der Waals surface area contributed by atoms with E-state index in [1.54, 1.807) is 5.32 Å². The van der Waals surface area contributed by atoms with E-state index in [9.17, 15) is 22.8 Å². The monoisotopic (exact) mass is 275 g/mol. The molecule has 0 bridgehead atoms. The molecule has 0 fully saturated rings. The van der Waals surface area contributed by atoms with Gasteiger partial charge in [0.1, 0.15) is 5.70 Å². The molecule has 0 saturated carbocycles. The van der Waals surface area contributed by atoms with Gasteiger partial charge in [-0.15, -0.1) is 0 Å². The van der Waals surface area contributed by atoms with Crippen molar-refractivity contribution < 1.29 is 33.0 Å². The van der Waals surface area contributed by atoms with Gasteiger partial charge in [0.15, 0.2) is 5.57 Å². The molecule has 19 heavy (non-hydrogen) atoms. The molecule has 5 nitrogen and oxygen atoms in total. The molecule has 1 aromatic carbocycles. The maximum Gasteiger partial charge on any atom is 0.432 e. The Morgan fingerprint density at radius 2 is 1.47 bits per heavy atom. The molecule has 3 N–H and O–H groups in total. The third kappa shape index (κ3) is 3.73. The van der Waals surface area contributed by atoms with Crippen LogP contribution >= 0.6 is 0 Å². The van der Waals surface area contributed by atoms with Gasteiger partial charge >= 0.3 is 18.1 Å².